The number of rotatable bonds is 2. The highest BCUT2D eigenvalue weighted by molar-refractivity contribution is 5.68. The van der Waals surface area contributed by atoms with Gasteiger partial charge in [-0.05, 0) is 46.1 Å². The van der Waals surface area contributed by atoms with Gasteiger partial charge < -0.3 is 14.4 Å². The van der Waals surface area contributed by atoms with Gasteiger partial charge in [0, 0.05) is 24.7 Å². The second-order valence-corrected chi connectivity index (χ2v) is 7.59. The molecule has 2 aliphatic rings. The van der Waals surface area contributed by atoms with Crippen molar-refractivity contribution in [3.8, 4) is 0 Å². The van der Waals surface area contributed by atoms with Gasteiger partial charge in [0.25, 0.3) is 0 Å². The molecular weight excluding hydrogens is 294 g/mol. The van der Waals surface area contributed by atoms with Crippen LogP contribution in [0, 0.1) is 6.92 Å². The molecular formula is C17H27N3O3. The molecule has 23 heavy (non-hydrogen) atoms. The molecule has 6 heteroatoms. The summed E-state index contributed by atoms with van der Waals surface area (Å²) >= 11 is 0. The van der Waals surface area contributed by atoms with E-state index in [1.165, 1.54) is 11.3 Å². The van der Waals surface area contributed by atoms with Crippen molar-refractivity contribution < 1.29 is 14.3 Å². The van der Waals surface area contributed by atoms with Crippen molar-refractivity contribution in [1.82, 2.24) is 14.7 Å². The minimum Gasteiger partial charge on any atom is -0.444 e. The van der Waals surface area contributed by atoms with E-state index >= 15 is 0 Å². The van der Waals surface area contributed by atoms with Crippen molar-refractivity contribution >= 4 is 6.09 Å². The molecule has 0 N–H and O–H groups in total. The first-order chi connectivity index (χ1) is 10.8. The Morgan fingerprint density at radius 1 is 1.30 bits per heavy atom. The van der Waals surface area contributed by atoms with E-state index in [9.17, 15) is 4.79 Å². The zero-order valence-corrected chi connectivity index (χ0v) is 14.5. The van der Waals surface area contributed by atoms with Gasteiger partial charge >= 0.3 is 6.09 Å². The van der Waals surface area contributed by atoms with E-state index in [4.69, 9.17) is 9.47 Å². The molecule has 3 rings (SSSR count). The Morgan fingerprint density at radius 3 is 2.48 bits per heavy atom. The van der Waals surface area contributed by atoms with Crippen LogP contribution in [0.5, 0.6) is 0 Å². The second kappa shape index (κ2) is 6.15. The van der Waals surface area contributed by atoms with E-state index in [1.807, 2.05) is 31.9 Å². The minimum atomic E-state index is -0.437. The summed E-state index contributed by atoms with van der Waals surface area (Å²) in [4.78, 5) is 14.0. The third kappa shape index (κ3) is 3.52. The highest BCUT2D eigenvalue weighted by Crippen LogP contribution is 2.33. The normalized spacial score (nSPS) is 20.4. The number of piperidine rings is 1. The Morgan fingerprint density at radius 2 is 1.96 bits per heavy atom. The standard InChI is InChI=1S/C17H27N3O3/c1-12-9-18-20(14-10-22-11-14)15(12)13-5-7-19(8-6-13)16(21)23-17(2,3)4/h9,13-14H,5-8,10-11H2,1-4H3. The molecule has 0 radical (unpaired) electrons. The van der Waals surface area contributed by atoms with Crippen LogP contribution in [0.25, 0.3) is 0 Å². The van der Waals surface area contributed by atoms with E-state index in [1.54, 1.807) is 0 Å². The van der Waals surface area contributed by atoms with Gasteiger partial charge in [0.15, 0.2) is 0 Å². The van der Waals surface area contributed by atoms with Crippen molar-refractivity contribution in [1.29, 1.82) is 0 Å². The molecule has 0 bridgehead atoms. The lowest BCUT2D eigenvalue weighted by Crippen LogP contribution is -2.42. The van der Waals surface area contributed by atoms with Crippen molar-refractivity contribution in [2.24, 2.45) is 0 Å². The molecule has 6 nitrogen and oxygen atoms in total. The fourth-order valence-corrected chi connectivity index (χ4v) is 3.28. The highest BCUT2D eigenvalue weighted by atomic mass is 16.6. The maximum Gasteiger partial charge on any atom is 0.410 e. The molecule has 1 amide bonds. The zero-order valence-electron chi connectivity index (χ0n) is 14.5. The van der Waals surface area contributed by atoms with Crippen LogP contribution in [-0.2, 0) is 9.47 Å². The van der Waals surface area contributed by atoms with Gasteiger partial charge in [0.05, 0.1) is 25.5 Å². The van der Waals surface area contributed by atoms with E-state index < -0.39 is 5.60 Å². The van der Waals surface area contributed by atoms with Gasteiger partial charge in [-0.3, -0.25) is 4.68 Å². The highest BCUT2D eigenvalue weighted by Gasteiger charge is 2.32. The summed E-state index contributed by atoms with van der Waals surface area (Å²) < 4.78 is 12.9. The Labute approximate surface area is 137 Å². The van der Waals surface area contributed by atoms with Crippen molar-refractivity contribution in [3.63, 3.8) is 0 Å². The van der Waals surface area contributed by atoms with E-state index in [2.05, 4.69) is 16.7 Å². The number of hydrogen-bond acceptors (Lipinski definition) is 4. The summed E-state index contributed by atoms with van der Waals surface area (Å²) in [7, 11) is 0. The number of carbonyl (C=O) groups excluding carboxylic acids is 1. The van der Waals surface area contributed by atoms with E-state index in [0.717, 1.165) is 39.1 Å². The van der Waals surface area contributed by atoms with Crippen LogP contribution in [0.4, 0.5) is 4.79 Å². The van der Waals surface area contributed by atoms with Crippen LogP contribution in [0.3, 0.4) is 0 Å². The van der Waals surface area contributed by atoms with Crippen LogP contribution < -0.4 is 0 Å². The number of aromatic nitrogens is 2. The van der Waals surface area contributed by atoms with E-state index in [0.29, 0.717) is 12.0 Å². The summed E-state index contributed by atoms with van der Waals surface area (Å²) in [5.41, 5.74) is 2.13. The third-order valence-electron chi connectivity index (χ3n) is 4.53. The number of nitrogens with zero attached hydrogens (tertiary/aromatic N) is 3. The number of amides is 1. The molecule has 2 fully saturated rings. The van der Waals surface area contributed by atoms with Crippen molar-refractivity contribution in [2.75, 3.05) is 26.3 Å². The molecule has 0 aliphatic carbocycles. The molecule has 0 unspecified atom stereocenters. The smallest absolute Gasteiger partial charge is 0.410 e. The van der Waals surface area contributed by atoms with Gasteiger partial charge in [-0.1, -0.05) is 0 Å². The van der Waals surface area contributed by atoms with Gasteiger partial charge in [0.1, 0.15) is 5.60 Å². The fourth-order valence-electron chi connectivity index (χ4n) is 3.28. The van der Waals surface area contributed by atoms with Gasteiger partial charge in [-0.2, -0.15) is 5.10 Å². The predicted molar refractivity (Wildman–Crippen MR) is 86.6 cm³/mol. The lowest BCUT2D eigenvalue weighted by molar-refractivity contribution is -0.0307. The zero-order chi connectivity index (χ0) is 16.6. The predicted octanol–water partition coefficient (Wildman–Crippen LogP) is 2.88. The summed E-state index contributed by atoms with van der Waals surface area (Å²) in [6.07, 6.45) is 3.67. The number of carbonyl (C=O) groups is 1. The van der Waals surface area contributed by atoms with Crippen LogP contribution in [-0.4, -0.2) is 52.7 Å². The summed E-state index contributed by atoms with van der Waals surface area (Å²) in [6, 6.07) is 0.377. The average Bonchev–Trinajstić information content (AvgIpc) is 2.77. The first-order valence-corrected chi connectivity index (χ1v) is 8.45. The average molecular weight is 321 g/mol. The largest absolute Gasteiger partial charge is 0.444 e. The van der Waals surface area contributed by atoms with Crippen LogP contribution in [0.15, 0.2) is 6.20 Å². The van der Waals surface area contributed by atoms with Gasteiger partial charge in [-0.25, -0.2) is 4.79 Å². The monoisotopic (exact) mass is 321 g/mol. The summed E-state index contributed by atoms with van der Waals surface area (Å²) in [5, 5.41) is 4.55. The lowest BCUT2D eigenvalue weighted by atomic mass is 9.91. The first-order valence-electron chi connectivity index (χ1n) is 8.45. The Hall–Kier alpha value is -1.56. The molecule has 128 valence electrons. The third-order valence-corrected chi connectivity index (χ3v) is 4.53. The second-order valence-electron chi connectivity index (χ2n) is 7.59. The summed E-state index contributed by atoms with van der Waals surface area (Å²) in [5.74, 6) is 0.455. The van der Waals surface area contributed by atoms with Gasteiger partial charge in [-0.15, -0.1) is 0 Å². The fraction of sp³-hybridized carbons (Fsp3) is 0.765. The molecule has 0 atom stereocenters. The van der Waals surface area contributed by atoms with Crippen LogP contribution in [0.2, 0.25) is 0 Å². The number of aryl methyl sites for hydroxylation is 1. The van der Waals surface area contributed by atoms with Crippen molar-refractivity contribution in [2.45, 2.75) is 58.1 Å². The van der Waals surface area contributed by atoms with Gasteiger partial charge in [0.2, 0.25) is 0 Å². The number of hydrogen-bond donors (Lipinski definition) is 0. The molecule has 0 aromatic carbocycles. The lowest BCUT2D eigenvalue weighted by Gasteiger charge is -2.35. The van der Waals surface area contributed by atoms with E-state index in [-0.39, 0.29) is 6.09 Å². The molecule has 3 heterocycles. The molecule has 0 saturated carbocycles. The molecule has 1 aromatic heterocycles. The first kappa shape index (κ1) is 16.3. The topological polar surface area (TPSA) is 56.6 Å². The molecule has 1 aromatic rings. The molecule has 2 saturated heterocycles. The minimum absolute atomic E-state index is 0.200. The quantitative estimate of drug-likeness (QED) is 0.840. The van der Waals surface area contributed by atoms with Crippen molar-refractivity contribution in [3.05, 3.63) is 17.5 Å². The SMILES string of the molecule is Cc1cnn(C2COC2)c1C1CCN(C(=O)OC(C)(C)C)CC1. The number of likely N-dealkylation sites (tertiary alicyclic amines) is 1. The Kier molecular flexibility index (Phi) is 4.36. The maximum atomic E-state index is 12.2. The Bertz CT molecular complexity index is 564. The molecule has 0 spiro atoms. The maximum absolute atomic E-state index is 12.2. The molecule has 2 aliphatic heterocycles. The Balaban J connectivity index is 1.63. The summed E-state index contributed by atoms with van der Waals surface area (Å²) in [6.45, 7) is 10.8. The number of ether oxygens (including phenoxy) is 2. The van der Waals surface area contributed by atoms with Crippen LogP contribution >= 0.6 is 0 Å². The van der Waals surface area contributed by atoms with Crippen LogP contribution in [0.1, 0.15) is 56.8 Å².